The van der Waals surface area contributed by atoms with E-state index in [2.05, 4.69) is 15.1 Å². The van der Waals surface area contributed by atoms with Crippen molar-refractivity contribution >= 4 is 57.6 Å². The van der Waals surface area contributed by atoms with Gasteiger partial charge in [-0.3, -0.25) is 0 Å². The summed E-state index contributed by atoms with van der Waals surface area (Å²) in [5, 5.41) is 19.9. The molecule has 0 aliphatic rings. The molecule has 2 N–H and O–H groups in total. The van der Waals surface area contributed by atoms with E-state index in [4.69, 9.17) is 51.1 Å². The maximum absolute atomic E-state index is 12.7. The van der Waals surface area contributed by atoms with Gasteiger partial charge in [0.2, 0.25) is 16.8 Å². The fourth-order valence-electron chi connectivity index (χ4n) is 2.94. The largest absolute Gasteiger partial charge is 0.604 e. The zero-order valence-corrected chi connectivity index (χ0v) is 23.6. The number of amidine groups is 1. The Labute approximate surface area is 246 Å². The molecule has 0 amide bonds. The first-order valence-electron chi connectivity index (χ1n) is 10.5. The highest BCUT2D eigenvalue weighted by Gasteiger charge is 2.50. The summed E-state index contributed by atoms with van der Waals surface area (Å²) in [7, 11) is 1.87. The van der Waals surface area contributed by atoms with Crippen molar-refractivity contribution < 1.29 is 30.9 Å². The smallest absolute Gasteiger partial charge is 0.578 e. The summed E-state index contributed by atoms with van der Waals surface area (Å²) in [4.78, 5) is 8.33. The van der Waals surface area contributed by atoms with Crippen molar-refractivity contribution in [2.45, 2.75) is 30.0 Å². The van der Waals surface area contributed by atoms with Crippen LogP contribution >= 0.6 is 34.8 Å². The fourth-order valence-corrected chi connectivity index (χ4v) is 4.47. The second-order valence-corrected chi connectivity index (χ2v) is 10.3. The number of benzene rings is 1. The van der Waals surface area contributed by atoms with Crippen molar-refractivity contribution in [1.82, 2.24) is 19.7 Å². The summed E-state index contributed by atoms with van der Waals surface area (Å²) in [5.74, 6) is -0.229. The molecule has 2 aromatic heterocycles. The first-order valence-corrected chi connectivity index (χ1v) is 12.8. The summed E-state index contributed by atoms with van der Waals surface area (Å²) in [6, 6.07) is 5.82. The molecule has 218 valence electrons. The van der Waals surface area contributed by atoms with E-state index >= 15 is 0 Å². The van der Waals surface area contributed by atoms with E-state index in [-0.39, 0.29) is 0 Å². The zero-order chi connectivity index (χ0) is 31.3. The van der Waals surface area contributed by atoms with Crippen LogP contribution in [-0.2, 0) is 23.9 Å². The number of halogens is 9. The predicted octanol–water partition coefficient (Wildman–Crippen LogP) is 6.35. The summed E-state index contributed by atoms with van der Waals surface area (Å²) in [5.41, 5.74) is -1.40. The van der Waals surface area contributed by atoms with E-state index in [9.17, 15) is 30.9 Å². The van der Waals surface area contributed by atoms with E-state index in [1.165, 1.54) is 6.07 Å². The molecule has 9 nitrogen and oxygen atoms in total. The van der Waals surface area contributed by atoms with Crippen LogP contribution in [0.25, 0.3) is 5.69 Å². The minimum atomic E-state index is -5.25. The number of pyridine rings is 1. The Hall–Kier alpha value is -3.41. The molecule has 3 rings (SSSR count). The number of nitriles is 2. The van der Waals surface area contributed by atoms with Crippen LogP contribution in [0, 0.1) is 22.8 Å². The molecule has 0 saturated heterocycles. The highest BCUT2D eigenvalue weighted by atomic mass is 35.5. The van der Waals surface area contributed by atoms with Gasteiger partial charge in [0.1, 0.15) is 33.9 Å². The van der Waals surface area contributed by atoms with Crippen molar-refractivity contribution in [2.75, 3.05) is 12.8 Å². The van der Waals surface area contributed by atoms with Gasteiger partial charge in [-0.1, -0.05) is 40.9 Å². The molecule has 19 heteroatoms. The molecule has 0 aliphatic heterocycles. The maximum Gasteiger partial charge on any atom is 0.578 e. The summed E-state index contributed by atoms with van der Waals surface area (Å²) in [6.07, 6.45) is -1.33. The highest BCUT2D eigenvalue weighted by Crippen LogP contribution is 2.41. The predicted molar refractivity (Wildman–Crippen MR) is 140 cm³/mol. The average molecular weight is 660 g/mol. The number of aromatic nitrogens is 3. The molecule has 1 atom stereocenters. The molecule has 0 aliphatic carbocycles. The Kier molecular flexibility index (Phi) is 11.1. The Morgan fingerprint density at radius 3 is 2.17 bits per heavy atom. The van der Waals surface area contributed by atoms with Crippen LogP contribution in [0.15, 0.2) is 40.4 Å². The van der Waals surface area contributed by atoms with Gasteiger partial charge in [0.15, 0.2) is 5.82 Å². The molecule has 2 heterocycles. The lowest BCUT2D eigenvalue weighted by Gasteiger charge is -2.17. The van der Waals surface area contributed by atoms with Gasteiger partial charge in [-0.05, 0) is 30.7 Å². The van der Waals surface area contributed by atoms with Crippen molar-refractivity contribution in [1.29, 1.82) is 10.5 Å². The lowest BCUT2D eigenvalue weighted by Crippen LogP contribution is -2.24. The Morgan fingerprint density at radius 2 is 1.73 bits per heavy atom. The van der Waals surface area contributed by atoms with Gasteiger partial charge in [-0.25, -0.2) is 9.67 Å². The minimum absolute atomic E-state index is 0.433. The normalized spacial score (nSPS) is 12.6. The minimum Gasteiger partial charge on any atom is -0.604 e. The number of anilines is 1. The van der Waals surface area contributed by atoms with Crippen LogP contribution in [-0.4, -0.2) is 42.6 Å². The lowest BCUT2D eigenvalue weighted by molar-refractivity contribution is -0.137. The van der Waals surface area contributed by atoms with Gasteiger partial charge in [0.25, 0.3) is 0 Å². The number of alkyl halides is 6. The molecule has 1 aromatic carbocycles. The maximum atomic E-state index is 12.7. The third kappa shape index (κ3) is 8.54. The molecule has 0 radical (unpaired) electrons. The third-order valence-corrected chi connectivity index (χ3v) is 6.90. The third-order valence-electron chi connectivity index (χ3n) is 4.91. The molecule has 0 saturated carbocycles. The second-order valence-electron chi connectivity index (χ2n) is 7.69. The second kappa shape index (κ2) is 13.5. The van der Waals surface area contributed by atoms with Crippen LogP contribution < -0.4 is 5.73 Å². The quantitative estimate of drug-likeness (QED) is 0.0859. The van der Waals surface area contributed by atoms with E-state index in [1.807, 2.05) is 18.0 Å². The van der Waals surface area contributed by atoms with Gasteiger partial charge < -0.3 is 15.2 Å². The molecule has 41 heavy (non-hydrogen) atoms. The van der Waals surface area contributed by atoms with E-state index < -0.39 is 60.6 Å². The molecule has 0 spiro atoms. The van der Waals surface area contributed by atoms with Crippen LogP contribution in [0.4, 0.5) is 32.2 Å². The highest BCUT2D eigenvalue weighted by molar-refractivity contribution is 7.92. The van der Waals surface area contributed by atoms with Crippen LogP contribution in [0.1, 0.15) is 23.7 Å². The molecule has 0 bridgehead atoms. The van der Waals surface area contributed by atoms with Crippen LogP contribution in [0.5, 0.6) is 0 Å². The average Bonchev–Trinajstić information content (AvgIpc) is 3.19. The lowest BCUT2D eigenvalue weighted by atomic mass is 10.2. The topological polar surface area (TPSA) is 143 Å². The van der Waals surface area contributed by atoms with E-state index in [1.54, 1.807) is 25.4 Å². The Balaban J connectivity index is 0.000000333. The van der Waals surface area contributed by atoms with Crippen LogP contribution in [0.2, 0.25) is 15.2 Å². The zero-order valence-electron chi connectivity index (χ0n) is 20.5. The molecular weight excluding hydrogens is 645 g/mol. The standard InChI is InChI=1S/C12H4Cl2F6N4OS.C10H11ClN4/c13-5-1-4(11(15,16)17)2-6(14)8(5)24-10(22)9(7(3-21)23-24)26(25)12(18,19)20;1-8(14-7-12)15(2)6-9-3-4-10(11)13-5-9/h1-2H,22H2;3-5H,6H2,1-2H3/b;14-8+. The summed E-state index contributed by atoms with van der Waals surface area (Å²) in [6.45, 7) is 2.44. The van der Waals surface area contributed by atoms with Crippen molar-refractivity contribution in [3.05, 3.63) is 62.5 Å². The molecule has 3 aromatic rings. The van der Waals surface area contributed by atoms with Crippen LogP contribution in [0.3, 0.4) is 0 Å². The SMILES string of the molecule is C/C(=N\C#N)N(C)Cc1ccc(Cl)nc1.N#Cc1nn(-c2c(Cl)cc(C(F)(F)F)cc2Cl)c(N)c1[S+]([O-])C(F)(F)F. The van der Waals surface area contributed by atoms with E-state index in [0.717, 1.165) is 5.56 Å². The number of aliphatic imine (C=N–C) groups is 1. The van der Waals surface area contributed by atoms with Gasteiger partial charge in [0.05, 0.1) is 15.6 Å². The molecular formula is C22H15Cl3F6N8OS. The van der Waals surface area contributed by atoms with Crippen molar-refractivity contribution in [2.24, 2.45) is 4.99 Å². The number of nitrogens with two attached hydrogens (primary N) is 1. The fraction of sp³-hybridized carbons (Fsp3) is 0.227. The van der Waals surface area contributed by atoms with Gasteiger partial charge in [-0.2, -0.15) is 28.7 Å². The number of nitrogens with zero attached hydrogens (tertiary/aromatic N) is 7. The van der Waals surface area contributed by atoms with Crippen molar-refractivity contribution in [3.8, 4) is 17.9 Å². The first-order chi connectivity index (χ1) is 18.9. The number of rotatable bonds is 4. The van der Waals surface area contributed by atoms with Crippen molar-refractivity contribution in [3.63, 3.8) is 0 Å². The summed E-state index contributed by atoms with van der Waals surface area (Å²) < 4.78 is 88.4. The first kappa shape index (κ1) is 33.8. The van der Waals surface area contributed by atoms with Gasteiger partial charge in [0, 0.05) is 19.8 Å². The number of hydrogen-bond acceptors (Lipinski definition) is 7. The Morgan fingerprint density at radius 1 is 1.15 bits per heavy atom. The van der Waals surface area contributed by atoms with Gasteiger partial charge in [-0.15, -0.1) is 18.3 Å². The molecule has 1 unspecified atom stereocenters. The Bertz CT molecular complexity index is 1490. The summed E-state index contributed by atoms with van der Waals surface area (Å²) >= 11 is 13.4. The monoisotopic (exact) mass is 658 g/mol. The van der Waals surface area contributed by atoms with Gasteiger partial charge >= 0.3 is 11.7 Å². The van der Waals surface area contributed by atoms with E-state index in [0.29, 0.717) is 34.3 Å². The number of hydrogen-bond donors (Lipinski definition) is 1. The molecule has 0 fully saturated rings. The number of nitrogen functional groups attached to an aromatic ring is 1.